The van der Waals surface area contributed by atoms with E-state index >= 15 is 0 Å². The van der Waals surface area contributed by atoms with Crippen LogP contribution in [-0.2, 0) is 11.2 Å². The maximum atomic E-state index is 11.1. The molecule has 0 saturated carbocycles. The van der Waals surface area contributed by atoms with Crippen LogP contribution in [0.3, 0.4) is 0 Å². The van der Waals surface area contributed by atoms with E-state index < -0.39 is 5.97 Å². The third kappa shape index (κ3) is 4.31. The number of ether oxygens (including phenoxy) is 1. The van der Waals surface area contributed by atoms with E-state index in [0.29, 0.717) is 19.4 Å². The molecule has 4 nitrogen and oxygen atoms in total. The summed E-state index contributed by atoms with van der Waals surface area (Å²) in [5, 5.41) is 9.15. The van der Waals surface area contributed by atoms with Gasteiger partial charge in [0.25, 0.3) is 0 Å². The maximum absolute atomic E-state index is 11.1. The van der Waals surface area contributed by atoms with Crippen molar-refractivity contribution in [1.82, 2.24) is 0 Å². The summed E-state index contributed by atoms with van der Waals surface area (Å²) < 4.78 is 5.98. The van der Waals surface area contributed by atoms with Crippen molar-refractivity contribution < 1.29 is 14.6 Å². The fourth-order valence-corrected chi connectivity index (χ4v) is 2.39. The van der Waals surface area contributed by atoms with Crippen LogP contribution in [-0.4, -0.2) is 24.7 Å². The van der Waals surface area contributed by atoms with Crippen LogP contribution in [0.4, 0.5) is 0 Å². The summed E-state index contributed by atoms with van der Waals surface area (Å²) in [5.74, 6) is -0.406. The SMILES string of the molecule is COc1ccc(CC(CCCN)C(=O)O)cc1Br. The molecule has 0 bridgehead atoms. The minimum atomic E-state index is -0.768. The van der Waals surface area contributed by atoms with E-state index in [1.165, 1.54) is 0 Å². The van der Waals surface area contributed by atoms with Gasteiger partial charge in [-0.1, -0.05) is 6.07 Å². The van der Waals surface area contributed by atoms with Crippen molar-refractivity contribution in [1.29, 1.82) is 0 Å². The molecular formula is C13H18BrNO3. The fourth-order valence-electron chi connectivity index (χ4n) is 1.80. The van der Waals surface area contributed by atoms with Crippen molar-refractivity contribution >= 4 is 21.9 Å². The van der Waals surface area contributed by atoms with Crippen molar-refractivity contribution in [3.8, 4) is 5.75 Å². The van der Waals surface area contributed by atoms with Gasteiger partial charge in [-0.25, -0.2) is 0 Å². The summed E-state index contributed by atoms with van der Waals surface area (Å²) >= 11 is 3.39. The van der Waals surface area contributed by atoms with Crippen LogP contribution < -0.4 is 10.5 Å². The fraction of sp³-hybridized carbons (Fsp3) is 0.462. The number of aliphatic carboxylic acids is 1. The highest BCUT2D eigenvalue weighted by Gasteiger charge is 2.17. The molecule has 5 heteroatoms. The van der Waals surface area contributed by atoms with E-state index in [0.717, 1.165) is 22.2 Å². The lowest BCUT2D eigenvalue weighted by molar-refractivity contribution is -0.141. The molecule has 1 aromatic carbocycles. The Kier molecular flexibility index (Phi) is 6.15. The van der Waals surface area contributed by atoms with E-state index in [-0.39, 0.29) is 5.92 Å². The molecule has 0 aromatic heterocycles. The number of carboxylic acid groups (broad SMARTS) is 1. The maximum Gasteiger partial charge on any atom is 0.306 e. The molecule has 100 valence electrons. The highest BCUT2D eigenvalue weighted by Crippen LogP contribution is 2.27. The van der Waals surface area contributed by atoms with Crippen LogP contribution in [0, 0.1) is 5.92 Å². The number of hydrogen-bond donors (Lipinski definition) is 2. The molecule has 1 rings (SSSR count). The number of carbonyl (C=O) groups is 1. The largest absolute Gasteiger partial charge is 0.496 e. The first-order chi connectivity index (χ1) is 8.58. The van der Waals surface area contributed by atoms with E-state index in [9.17, 15) is 4.79 Å². The van der Waals surface area contributed by atoms with Crippen molar-refractivity contribution in [2.45, 2.75) is 19.3 Å². The second kappa shape index (κ2) is 7.38. The summed E-state index contributed by atoms with van der Waals surface area (Å²) in [6.45, 7) is 0.524. The number of halogens is 1. The number of hydrogen-bond acceptors (Lipinski definition) is 3. The van der Waals surface area contributed by atoms with Gasteiger partial charge in [0, 0.05) is 0 Å². The zero-order valence-electron chi connectivity index (χ0n) is 10.4. The molecule has 0 spiro atoms. The Bertz CT molecular complexity index is 409. The molecule has 0 aliphatic rings. The second-order valence-corrected chi connectivity index (χ2v) is 4.99. The highest BCUT2D eigenvalue weighted by molar-refractivity contribution is 9.10. The first-order valence-electron chi connectivity index (χ1n) is 5.83. The summed E-state index contributed by atoms with van der Waals surface area (Å²) in [7, 11) is 1.60. The number of nitrogens with two attached hydrogens (primary N) is 1. The third-order valence-corrected chi connectivity index (χ3v) is 3.42. The molecule has 0 aliphatic heterocycles. The second-order valence-electron chi connectivity index (χ2n) is 4.14. The van der Waals surface area contributed by atoms with Gasteiger partial charge in [0.1, 0.15) is 5.75 Å². The third-order valence-electron chi connectivity index (χ3n) is 2.80. The smallest absolute Gasteiger partial charge is 0.306 e. The molecule has 0 radical (unpaired) electrons. The van der Waals surface area contributed by atoms with Crippen LogP contribution in [0.1, 0.15) is 18.4 Å². The van der Waals surface area contributed by atoms with Crippen molar-refractivity contribution in [3.05, 3.63) is 28.2 Å². The Morgan fingerprint density at radius 1 is 1.56 bits per heavy atom. The van der Waals surface area contributed by atoms with Gasteiger partial charge in [-0.15, -0.1) is 0 Å². The van der Waals surface area contributed by atoms with E-state index in [1.807, 2.05) is 18.2 Å². The lowest BCUT2D eigenvalue weighted by Gasteiger charge is -2.13. The summed E-state index contributed by atoms with van der Waals surface area (Å²) in [6.07, 6.45) is 1.85. The standard InChI is InChI=1S/C13H18BrNO3/c1-18-12-5-4-9(8-11(12)14)7-10(13(16)17)3-2-6-15/h4-5,8,10H,2-3,6-7,15H2,1H3,(H,16,17). The van der Waals surface area contributed by atoms with Crippen molar-refractivity contribution in [2.75, 3.05) is 13.7 Å². The molecule has 0 heterocycles. The Morgan fingerprint density at radius 2 is 2.28 bits per heavy atom. The van der Waals surface area contributed by atoms with Gasteiger partial charge in [0.15, 0.2) is 0 Å². The van der Waals surface area contributed by atoms with Gasteiger partial charge in [-0.2, -0.15) is 0 Å². The number of carboxylic acids is 1. The molecule has 1 unspecified atom stereocenters. The Labute approximate surface area is 115 Å². The van der Waals surface area contributed by atoms with Gasteiger partial charge >= 0.3 is 5.97 Å². The minimum Gasteiger partial charge on any atom is -0.496 e. The van der Waals surface area contributed by atoms with Crippen LogP contribution in [0.25, 0.3) is 0 Å². The molecule has 3 N–H and O–H groups in total. The summed E-state index contributed by atoms with van der Waals surface area (Å²) in [5.41, 5.74) is 6.39. The van der Waals surface area contributed by atoms with Gasteiger partial charge < -0.3 is 15.6 Å². The first kappa shape index (κ1) is 15.0. The quantitative estimate of drug-likeness (QED) is 0.810. The zero-order chi connectivity index (χ0) is 13.5. The van der Waals surface area contributed by atoms with Gasteiger partial charge in [0.2, 0.25) is 0 Å². The Balaban J connectivity index is 2.74. The summed E-state index contributed by atoms with van der Waals surface area (Å²) in [6, 6.07) is 5.63. The lowest BCUT2D eigenvalue weighted by atomic mass is 9.95. The van der Waals surface area contributed by atoms with E-state index in [4.69, 9.17) is 15.6 Å². The lowest BCUT2D eigenvalue weighted by Crippen LogP contribution is -2.18. The molecule has 0 aliphatic carbocycles. The molecule has 1 aromatic rings. The van der Waals surface area contributed by atoms with Crippen LogP contribution in [0.15, 0.2) is 22.7 Å². The predicted octanol–water partition coefficient (Wildman–Crippen LogP) is 2.44. The topological polar surface area (TPSA) is 72.5 Å². The predicted molar refractivity (Wildman–Crippen MR) is 73.8 cm³/mol. The van der Waals surface area contributed by atoms with Crippen molar-refractivity contribution in [3.63, 3.8) is 0 Å². The number of benzene rings is 1. The molecule has 0 amide bonds. The molecule has 18 heavy (non-hydrogen) atoms. The van der Waals surface area contributed by atoms with Gasteiger partial charge in [-0.3, -0.25) is 4.79 Å². The number of rotatable bonds is 7. The van der Waals surface area contributed by atoms with Crippen LogP contribution in [0.2, 0.25) is 0 Å². The number of methoxy groups -OCH3 is 1. The molecule has 0 saturated heterocycles. The minimum absolute atomic E-state index is 0.381. The normalized spacial score (nSPS) is 12.2. The molecular weight excluding hydrogens is 298 g/mol. The Hall–Kier alpha value is -1.07. The molecule has 0 fully saturated rings. The van der Waals surface area contributed by atoms with Crippen LogP contribution >= 0.6 is 15.9 Å². The van der Waals surface area contributed by atoms with Gasteiger partial charge in [0.05, 0.1) is 17.5 Å². The highest BCUT2D eigenvalue weighted by atomic mass is 79.9. The Morgan fingerprint density at radius 3 is 2.78 bits per heavy atom. The van der Waals surface area contributed by atoms with Crippen molar-refractivity contribution in [2.24, 2.45) is 11.7 Å². The first-order valence-corrected chi connectivity index (χ1v) is 6.63. The average Bonchev–Trinajstić information content (AvgIpc) is 2.34. The van der Waals surface area contributed by atoms with Gasteiger partial charge in [-0.05, 0) is 59.4 Å². The van der Waals surface area contributed by atoms with E-state index in [1.54, 1.807) is 7.11 Å². The zero-order valence-corrected chi connectivity index (χ0v) is 11.9. The van der Waals surface area contributed by atoms with E-state index in [2.05, 4.69) is 15.9 Å². The summed E-state index contributed by atoms with van der Waals surface area (Å²) in [4.78, 5) is 11.1. The monoisotopic (exact) mass is 315 g/mol. The van der Waals surface area contributed by atoms with Crippen LogP contribution in [0.5, 0.6) is 5.75 Å². The average molecular weight is 316 g/mol. The molecule has 1 atom stereocenters.